The molecule has 1 amide bonds. The molecule has 1 aliphatic carbocycles. The van der Waals surface area contributed by atoms with Gasteiger partial charge in [-0.05, 0) is 30.9 Å². The first-order valence-electron chi connectivity index (χ1n) is 10.8. The van der Waals surface area contributed by atoms with Crippen molar-refractivity contribution in [3.63, 3.8) is 0 Å². The molecule has 0 radical (unpaired) electrons. The van der Waals surface area contributed by atoms with Crippen LogP contribution in [0.1, 0.15) is 61.8 Å². The third-order valence-corrected chi connectivity index (χ3v) is 7.29. The van der Waals surface area contributed by atoms with Crippen LogP contribution in [0.5, 0.6) is 5.75 Å². The van der Waals surface area contributed by atoms with Crippen LogP contribution in [0.4, 0.5) is 0 Å². The van der Waals surface area contributed by atoms with E-state index in [0.717, 1.165) is 39.5 Å². The summed E-state index contributed by atoms with van der Waals surface area (Å²) in [7, 11) is 1.63. The van der Waals surface area contributed by atoms with Crippen molar-refractivity contribution >= 4 is 27.5 Å². The fraction of sp³-hybridized carbons (Fsp3) is 0.545. The number of rotatable bonds is 6. The van der Waals surface area contributed by atoms with Crippen LogP contribution in [-0.2, 0) is 4.79 Å². The van der Waals surface area contributed by atoms with Crippen molar-refractivity contribution in [2.75, 3.05) is 13.7 Å². The van der Waals surface area contributed by atoms with Crippen molar-refractivity contribution in [2.45, 2.75) is 57.2 Å². The van der Waals surface area contributed by atoms with E-state index in [-0.39, 0.29) is 17.9 Å². The van der Waals surface area contributed by atoms with Gasteiger partial charge in [-0.2, -0.15) is 0 Å². The monoisotopic (exact) mass is 441 g/mol. The lowest BCUT2D eigenvalue weighted by atomic mass is 10.0. The summed E-state index contributed by atoms with van der Waals surface area (Å²) in [6, 6.07) is 5.09. The first-order valence-corrected chi connectivity index (χ1v) is 11.6. The van der Waals surface area contributed by atoms with Gasteiger partial charge in [0.1, 0.15) is 16.8 Å². The Bertz CT molecular complexity index is 1110. The summed E-state index contributed by atoms with van der Waals surface area (Å²) in [5.41, 5.74) is 1.82. The molecular formula is C22H27N5O3S. The number of fused-ring (bicyclic) bond motifs is 1. The summed E-state index contributed by atoms with van der Waals surface area (Å²) in [5, 5.41) is 19.9. The minimum Gasteiger partial charge on any atom is -0.497 e. The van der Waals surface area contributed by atoms with Gasteiger partial charge in [-0.15, -0.1) is 16.4 Å². The number of carbonyl (C=O) groups excluding carboxylic acids is 1. The van der Waals surface area contributed by atoms with E-state index in [2.05, 4.69) is 10.3 Å². The minimum atomic E-state index is -0.568. The lowest BCUT2D eigenvalue weighted by Gasteiger charge is -2.29. The van der Waals surface area contributed by atoms with E-state index in [9.17, 15) is 9.90 Å². The molecule has 9 heteroatoms. The van der Waals surface area contributed by atoms with Crippen molar-refractivity contribution in [2.24, 2.45) is 5.92 Å². The van der Waals surface area contributed by atoms with Gasteiger partial charge in [-0.1, -0.05) is 19.1 Å². The smallest absolute Gasteiger partial charge is 0.248 e. The van der Waals surface area contributed by atoms with Gasteiger partial charge in [0.2, 0.25) is 5.91 Å². The predicted octanol–water partition coefficient (Wildman–Crippen LogP) is 3.31. The van der Waals surface area contributed by atoms with Gasteiger partial charge in [0, 0.05) is 31.1 Å². The highest BCUT2D eigenvalue weighted by atomic mass is 32.1. The van der Waals surface area contributed by atoms with Gasteiger partial charge in [0.05, 0.1) is 35.2 Å². The number of hydrogen-bond donors (Lipinski definition) is 1. The standard InChI is InChI=1S/C22H27N5O3S/c1-12(2)20(27-11-17(24-25-27)13-4-5-13)22(29)26-10-14(28)8-18(26)21-23-16-9-15(30-3)6-7-19(16)31-21/h6-7,9,11-14,18,20,28H,4-5,8,10H2,1-3H3/t14-,18+,20-/m1/s1. The molecule has 2 aromatic heterocycles. The van der Waals surface area contributed by atoms with Gasteiger partial charge < -0.3 is 14.7 Å². The molecule has 31 heavy (non-hydrogen) atoms. The number of aliphatic hydroxyl groups is 1. The predicted molar refractivity (Wildman–Crippen MR) is 117 cm³/mol. The number of hydrogen-bond acceptors (Lipinski definition) is 7. The molecule has 164 valence electrons. The minimum absolute atomic E-state index is 0.0410. The Hall–Kier alpha value is -2.52. The van der Waals surface area contributed by atoms with Crippen LogP contribution >= 0.6 is 11.3 Å². The number of benzene rings is 1. The highest BCUT2D eigenvalue weighted by molar-refractivity contribution is 7.18. The molecule has 2 fully saturated rings. The molecule has 3 aromatic rings. The van der Waals surface area contributed by atoms with Crippen molar-refractivity contribution in [1.82, 2.24) is 24.9 Å². The van der Waals surface area contributed by atoms with Crippen molar-refractivity contribution in [3.05, 3.63) is 35.1 Å². The average molecular weight is 442 g/mol. The largest absolute Gasteiger partial charge is 0.497 e. The number of aromatic nitrogens is 4. The van der Waals surface area contributed by atoms with Crippen molar-refractivity contribution in [3.8, 4) is 5.75 Å². The first-order chi connectivity index (χ1) is 14.9. The number of ether oxygens (including phenoxy) is 1. The molecule has 1 aromatic carbocycles. The first kappa shape index (κ1) is 20.4. The third-order valence-electron chi connectivity index (χ3n) is 6.15. The van der Waals surface area contributed by atoms with Crippen LogP contribution in [0.3, 0.4) is 0 Å². The average Bonchev–Trinajstić information content (AvgIpc) is 3.15. The molecule has 0 bridgehead atoms. The Labute approximate surface area is 184 Å². The molecule has 3 atom stereocenters. The number of thiazole rings is 1. The molecule has 3 heterocycles. The zero-order chi connectivity index (χ0) is 21.7. The Morgan fingerprint density at radius 3 is 2.84 bits per heavy atom. The Morgan fingerprint density at radius 2 is 2.13 bits per heavy atom. The van der Waals surface area contributed by atoms with Crippen LogP contribution in [0.25, 0.3) is 10.2 Å². The van der Waals surface area contributed by atoms with Crippen LogP contribution in [0.15, 0.2) is 24.4 Å². The van der Waals surface area contributed by atoms with E-state index >= 15 is 0 Å². The molecule has 0 unspecified atom stereocenters. The number of nitrogens with zero attached hydrogens (tertiary/aromatic N) is 5. The lowest BCUT2D eigenvalue weighted by Crippen LogP contribution is -2.40. The van der Waals surface area contributed by atoms with E-state index in [1.165, 1.54) is 0 Å². The third kappa shape index (κ3) is 3.80. The van der Waals surface area contributed by atoms with Gasteiger partial charge in [-0.3, -0.25) is 4.79 Å². The SMILES string of the molecule is COc1ccc2sc([C@@H]3C[C@@H](O)CN3C(=O)[C@@H](C(C)C)n3cc(C4CC4)nn3)nc2c1. The maximum absolute atomic E-state index is 13.7. The zero-order valence-corrected chi connectivity index (χ0v) is 18.7. The molecular weight excluding hydrogens is 414 g/mol. The van der Waals surface area contributed by atoms with Crippen molar-refractivity contribution < 1.29 is 14.6 Å². The number of likely N-dealkylation sites (tertiary alicyclic amines) is 1. The topological polar surface area (TPSA) is 93.4 Å². The van der Waals surface area contributed by atoms with Gasteiger partial charge >= 0.3 is 0 Å². The Kier molecular flexibility index (Phi) is 5.18. The maximum atomic E-state index is 13.7. The fourth-order valence-corrected chi connectivity index (χ4v) is 5.43. The molecule has 1 saturated carbocycles. The second-order valence-electron chi connectivity index (χ2n) is 8.87. The summed E-state index contributed by atoms with van der Waals surface area (Å²) in [6.07, 6.45) is 4.12. The zero-order valence-electron chi connectivity index (χ0n) is 17.9. The van der Waals surface area contributed by atoms with Gasteiger partial charge in [0.15, 0.2) is 0 Å². The number of aliphatic hydroxyl groups excluding tert-OH is 1. The molecule has 2 aliphatic rings. The molecule has 1 aliphatic heterocycles. The number of carbonyl (C=O) groups is 1. The summed E-state index contributed by atoms with van der Waals surface area (Å²) in [4.78, 5) is 20.3. The Morgan fingerprint density at radius 1 is 1.32 bits per heavy atom. The van der Waals surface area contributed by atoms with Gasteiger partial charge in [0.25, 0.3) is 0 Å². The van der Waals surface area contributed by atoms with Crippen LogP contribution in [0, 0.1) is 5.92 Å². The summed E-state index contributed by atoms with van der Waals surface area (Å²) >= 11 is 1.56. The molecule has 5 rings (SSSR count). The second-order valence-corrected chi connectivity index (χ2v) is 9.93. The molecule has 8 nitrogen and oxygen atoms in total. The normalized spacial score (nSPS) is 22.4. The fourth-order valence-electron chi connectivity index (χ4n) is 4.35. The van der Waals surface area contributed by atoms with Crippen molar-refractivity contribution in [1.29, 1.82) is 0 Å². The quantitative estimate of drug-likeness (QED) is 0.631. The molecule has 1 saturated heterocycles. The highest BCUT2D eigenvalue weighted by Gasteiger charge is 2.41. The number of amides is 1. The van der Waals surface area contributed by atoms with Gasteiger partial charge in [-0.25, -0.2) is 9.67 Å². The lowest BCUT2D eigenvalue weighted by molar-refractivity contribution is -0.137. The molecule has 0 spiro atoms. The van der Waals surface area contributed by atoms with E-state index in [0.29, 0.717) is 18.9 Å². The van der Waals surface area contributed by atoms with Crippen LogP contribution in [0.2, 0.25) is 0 Å². The highest BCUT2D eigenvalue weighted by Crippen LogP contribution is 2.41. The number of methoxy groups -OCH3 is 1. The Balaban J connectivity index is 1.45. The van der Waals surface area contributed by atoms with E-state index in [4.69, 9.17) is 9.72 Å². The summed E-state index contributed by atoms with van der Waals surface area (Å²) in [5.74, 6) is 1.24. The van der Waals surface area contributed by atoms with E-state index < -0.39 is 12.1 Å². The van der Waals surface area contributed by atoms with E-state index in [1.807, 2.05) is 38.2 Å². The second kappa shape index (κ2) is 7.87. The van der Waals surface area contributed by atoms with Crippen LogP contribution in [-0.4, -0.2) is 55.6 Å². The summed E-state index contributed by atoms with van der Waals surface area (Å²) in [6.45, 7) is 4.34. The number of β-amino-alcohol motifs (C(OH)–C–C–N with tert-alkyl or cyclic N) is 1. The van der Waals surface area contributed by atoms with E-state index in [1.54, 1.807) is 28.0 Å². The van der Waals surface area contributed by atoms with Crippen LogP contribution < -0.4 is 4.74 Å². The maximum Gasteiger partial charge on any atom is 0.248 e. The molecule has 1 N–H and O–H groups in total. The summed E-state index contributed by atoms with van der Waals surface area (Å²) < 4.78 is 8.06.